The maximum atomic E-state index is 12.1. The number of aryl methyl sites for hydroxylation is 1. The van der Waals surface area contributed by atoms with Crippen molar-refractivity contribution in [3.05, 3.63) is 41.2 Å². The molecule has 2 rings (SSSR count). The Labute approximate surface area is 126 Å². The van der Waals surface area contributed by atoms with Crippen molar-refractivity contribution in [1.82, 2.24) is 15.0 Å². The zero-order valence-corrected chi connectivity index (χ0v) is 12.4. The highest BCUT2D eigenvalue weighted by Gasteiger charge is 2.15. The third kappa shape index (κ3) is 4.27. The number of aliphatic carboxylic acids is 1. The third-order valence-electron chi connectivity index (χ3n) is 2.68. The van der Waals surface area contributed by atoms with E-state index in [0.717, 1.165) is 0 Å². The average Bonchev–Trinajstić information content (AvgIpc) is 2.84. The summed E-state index contributed by atoms with van der Waals surface area (Å²) in [6.07, 6.45) is 1.18. The molecule has 9 heteroatoms. The average molecular weight is 330 g/mol. The number of sulfone groups is 1. The molecule has 0 atom stereocenters. The molecule has 0 saturated carbocycles. The van der Waals surface area contributed by atoms with Crippen LogP contribution >= 0.6 is 11.6 Å². The lowest BCUT2D eigenvalue weighted by Crippen LogP contribution is -2.13. The summed E-state index contributed by atoms with van der Waals surface area (Å²) in [6, 6.07) is 5.90. The summed E-state index contributed by atoms with van der Waals surface area (Å²) in [6.45, 7) is 0.0948. The quantitative estimate of drug-likeness (QED) is 0.849. The highest BCUT2D eigenvalue weighted by atomic mass is 35.5. The Balaban J connectivity index is 2.03. The number of hydrogen-bond donors (Lipinski definition) is 1. The molecular weight excluding hydrogens is 318 g/mol. The molecule has 1 N–H and O–H groups in total. The molecule has 0 aliphatic carbocycles. The van der Waals surface area contributed by atoms with Gasteiger partial charge in [0, 0.05) is 11.2 Å². The monoisotopic (exact) mass is 329 g/mol. The van der Waals surface area contributed by atoms with Crippen LogP contribution in [0, 0.1) is 0 Å². The van der Waals surface area contributed by atoms with Gasteiger partial charge in [-0.1, -0.05) is 16.8 Å². The minimum Gasteiger partial charge on any atom is -0.481 e. The summed E-state index contributed by atoms with van der Waals surface area (Å²) in [7, 11) is -3.45. The van der Waals surface area contributed by atoms with Crippen molar-refractivity contribution in [2.24, 2.45) is 0 Å². The number of rotatable bonds is 6. The Kier molecular flexibility index (Phi) is 4.59. The topological polar surface area (TPSA) is 102 Å². The van der Waals surface area contributed by atoms with Crippen LogP contribution in [0.4, 0.5) is 0 Å². The first kappa shape index (κ1) is 15.5. The van der Waals surface area contributed by atoms with Crippen molar-refractivity contribution in [1.29, 1.82) is 0 Å². The van der Waals surface area contributed by atoms with Gasteiger partial charge >= 0.3 is 5.97 Å². The summed E-state index contributed by atoms with van der Waals surface area (Å²) in [5, 5.41) is 16.4. The van der Waals surface area contributed by atoms with Gasteiger partial charge in [-0.05, 0) is 24.3 Å². The van der Waals surface area contributed by atoms with Gasteiger partial charge in [-0.15, -0.1) is 5.10 Å². The van der Waals surface area contributed by atoms with E-state index in [2.05, 4.69) is 10.3 Å². The van der Waals surface area contributed by atoms with E-state index in [1.807, 2.05) is 0 Å². The molecule has 21 heavy (non-hydrogen) atoms. The number of aromatic nitrogens is 3. The van der Waals surface area contributed by atoms with Gasteiger partial charge in [-0.25, -0.2) is 8.42 Å². The van der Waals surface area contributed by atoms with E-state index in [1.165, 1.54) is 35.1 Å². The summed E-state index contributed by atoms with van der Waals surface area (Å²) in [5.41, 5.74) is 0.284. The molecule has 0 radical (unpaired) electrons. The van der Waals surface area contributed by atoms with Gasteiger partial charge in [0.25, 0.3) is 0 Å². The minimum absolute atomic E-state index is 0.0948. The van der Waals surface area contributed by atoms with Gasteiger partial charge in [0.05, 0.1) is 29.3 Å². The molecule has 0 bridgehead atoms. The second-order valence-electron chi connectivity index (χ2n) is 4.32. The van der Waals surface area contributed by atoms with Crippen LogP contribution in [0.2, 0.25) is 5.02 Å². The first-order valence-corrected chi connectivity index (χ1v) is 7.99. The molecule has 0 amide bonds. The maximum absolute atomic E-state index is 12.1. The Morgan fingerprint density at radius 1 is 1.29 bits per heavy atom. The second-order valence-corrected chi connectivity index (χ2v) is 6.86. The van der Waals surface area contributed by atoms with Crippen molar-refractivity contribution in [2.75, 3.05) is 5.75 Å². The van der Waals surface area contributed by atoms with Gasteiger partial charge in [0.2, 0.25) is 0 Å². The van der Waals surface area contributed by atoms with Crippen LogP contribution in [-0.4, -0.2) is 40.2 Å². The number of nitrogens with zero attached hydrogens (tertiary/aromatic N) is 3. The van der Waals surface area contributed by atoms with Crippen molar-refractivity contribution < 1.29 is 18.3 Å². The van der Waals surface area contributed by atoms with Crippen molar-refractivity contribution >= 4 is 27.4 Å². The van der Waals surface area contributed by atoms with Gasteiger partial charge in [-0.3, -0.25) is 9.48 Å². The summed E-state index contributed by atoms with van der Waals surface area (Å²) < 4.78 is 25.5. The number of hydrogen-bond acceptors (Lipinski definition) is 5. The van der Waals surface area contributed by atoms with Gasteiger partial charge in [-0.2, -0.15) is 0 Å². The van der Waals surface area contributed by atoms with E-state index in [4.69, 9.17) is 16.7 Å². The fourth-order valence-electron chi connectivity index (χ4n) is 1.66. The summed E-state index contributed by atoms with van der Waals surface area (Å²) in [4.78, 5) is 10.7. The summed E-state index contributed by atoms with van der Waals surface area (Å²) >= 11 is 5.71. The first-order chi connectivity index (χ1) is 9.87. The van der Waals surface area contributed by atoms with E-state index < -0.39 is 15.8 Å². The number of carbonyl (C=O) groups is 1. The highest BCUT2D eigenvalue weighted by molar-refractivity contribution is 7.91. The zero-order chi connectivity index (χ0) is 15.5. The second kappa shape index (κ2) is 6.23. The molecule has 112 valence electrons. The van der Waals surface area contributed by atoms with Crippen LogP contribution < -0.4 is 0 Å². The van der Waals surface area contributed by atoms with Crippen LogP contribution in [0.3, 0.4) is 0 Å². The zero-order valence-electron chi connectivity index (χ0n) is 10.8. The molecule has 0 aliphatic heterocycles. The van der Waals surface area contributed by atoms with Gasteiger partial charge in [0.1, 0.15) is 0 Å². The Bertz CT molecular complexity index is 740. The standard InChI is InChI=1S/C12H12ClN3O4S/c13-9-1-3-11(4-2-9)21(19,20)6-5-16-8-10(14-15-16)7-12(17)18/h1-4,8H,5-7H2,(H,17,18). The smallest absolute Gasteiger partial charge is 0.309 e. The van der Waals surface area contributed by atoms with Crippen LogP contribution in [0.1, 0.15) is 5.69 Å². The molecule has 2 aromatic rings. The van der Waals surface area contributed by atoms with Crippen molar-refractivity contribution in [3.63, 3.8) is 0 Å². The van der Waals surface area contributed by atoms with E-state index in [-0.39, 0.29) is 29.3 Å². The summed E-state index contributed by atoms with van der Waals surface area (Å²) in [5.74, 6) is -1.18. The third-order valence-corrected chi connectivity index (χ3v) is 4.64. The predicted octanol–water partition coefficient (Wildman–Crippen LogP) is 1.03. The molecule has 0 aliphatic rings. The maximum Gasteiger partial charge on any atom is 0.309 e. The van der Waals surface area contributed by atoms with Crippen molar-refractivity contribution in [3.8, 4) is 0 Å². The lowest BCUT2D eigenvalue weighted by Gasteiger charge is -2.04. The van der Waals surface area contributed by atoms with E-state index >= 15 is 0 Å². The van der Waals surface area contributed by atoms with Crippen LogP contribution in [0.25, 0.3) is 0 Å². The van der Waals surface area contributed by atoms with Gasteiger partial charge < -0.3 is 5.11 Å². The Morgan fingerprint density at radius 2 is 1.95 bits per heavy atom. The molecular formula is C12H12ClN3O4S. The number of halogens is 1. The molecule has 0 unspecified atom stereocenters. The highest BCUT2D eigenvalue weighted by Crippen LogP contribution is 2.15. The molecule has 0 spiro atoms. The minimum atomic E-state index is -3.45. The fourth-order valence-corrected chi connectivity index (χ4v) is 3.00. The lowest BCUT2D eigenvalue weighted by atomic mass is 10.3. The number of carboxylic acid groups (broad SMARTS) is 1. The van der Waals surface area contributed by atoms with Crippen molar-refractivity contribution in [2.45, 2.75) is 17.9 Å². The predicted molar refractivity (Wildman–Crippen MR) is 74.9 cm³/mol. The molecule has 1 heterocycles. The molecule has 1 aromatic heterocycles. The van der Waals surface area contributed by atoms with Crippen LogP contribution in [0.15, 0.2) is 35.4 Å². The molecule has 0 fully saturated rings. The van der Waals surface area contributed by atoms with E-state index in [0.29, 0.717) is 5.02 Å². The number of carboxylic acids is 1. The molecule has 0 saturated heterocycles. The number of benzene rings is 1. The largest absolute Gasteiger partial charge is 0.481 e. The Hall–Kier alpha value is -1.93. The Morgan fingerprint density at radius 3 is 2.57 bits per heavy atom. The molecule has 1 aromatic carbocycles. The van der Waals surface area contributed by atoms with Gasteiger partial charge in [0.15, 0.2) is 9.84 Å². The van der Waals surface area contributed by atoms with Crippen LogP contribution in [0.5, 0.6) is 0 Å². The van der Waals surface area contributed by atoms with E-state index in [1.54, 1.807) is 0 Å². The van der Waals surface area contributed by atoms with E-state index in [9.17, 15) is 13.2 Å². The normalized spacial score (nSPS) is 11.5. The fraction of sp³-hybridized carbons (Fsp3) is 0.250. The first-order valence-electron chi connectivity index (χ1n) is 5.96. The van der Waals surface area contributed by atoms with Crippen LogP contribution in [-0.2, 0) is 27.6 Å². The molecule has 7 nitrogen and oxygen atoms in total. The lowest BCUT2D eigenvalue weighted by molar-refractivity contribution is -0.136. The SMILES string of the molecule is O=C(O)Cc1cn(CCS(=O)(=O)c2ccc(Cl)cc2)nn1.